The van der Waals surface area contributed by atoms with Crippen LogP contribution in [0.15, 0.2) is 27.5 Å². The molecule has 0 saturated carbocycles. The van der Waals surface area contributed by atoms with Crippen LogP contribution >= 0.6 is 0 Å². The number of urea groups is 1. The lowest BCUT2D eigenvalue weighted by atomic mass is 9.83. The summed E-state index contributed by atoms with van der Waals surface area (Å²) in [5.74, 6) is 1.34. The fraction of sp³-hybridized carbons (Fsp3) is 0.591. The van der Waals surface area contributed by atoms with Crippen LogP contribution in [-0.2, 0) is 19.6 Å². The number of piperidine rings is 1. The standard InChI is InChI=1S/C22H31N5O3/c1-4-7-23-22(29)26-10-16-9-18(13-26)20-6-5-17(21(28)27(20)11-16)12-25(3)14-19-8-15(2)24-30-19/h5-6,8,16,18H,4,7,9-14H2,1-3H3,(H,23,29)/t16-,18+/m0/s1. The summed E-state index contributed by atoms with van der Waals surface area (Å²) in [6, 6.07) is 5.97. The van der Waals surface area contributed by atoms with Crippen LogP contribution in [0, 0.1) is 12.8 Å². The number of pyridine rings is 1. The van der Waals surface area contributed by atoms with Crippen molar-refractivity contribution in [2.75, 3.05) is 26.7 Å². The van der Waals surface area contributed by atoms with E-state index in [0.717, 1.165) is 35.6 Å². The van der Waals surface area contributed by atoms with Crippen LogP contribution in [0.2, 0.25) is 0 Å². The number of amides is 2. The molecule has 0 aromatic carbocycles. The fourth-order valence-corrected chi connectivity index (χ4v) is 4.72. The first-order chi connectivity index (χ1) is 14.4. The van der Waals surface area contributed by atoms with E-state index in [1.807, 2.05) is 35.6 Å². The van der Waals surface area contributed by atoms with Gasteiger partial charge in [0.1, 0.15) is 0 Å². The molecule has 30 heavy (non-hydrogen) atoms. The zero-order chi connectivity index (χ0) is 21.3. The van der Waals surface area contributed by atoms with Crippen molar-refractivity contribution in [3.8, 4) is 0 Å². The molecule has 1 fully saturated rings. The van der Waals surface area contributed by atoms with Crippen molar-refractivity contribution in [1.82, 2.24) is 24.8 Å². The van der Waals surface area contributed by atoms with Gasteiger partial charge in [-0.2, -0.15) is 0 Å². The number of nitrogens with one attached hydrogen (secondary N) is 1. The van der Waals surface area contributed by atoms with E-state index in [-0.39, 0.29) is 17.5 Å². The number of rotatable bonds is 6. The molecule has 4 rings (SSSR count). The number of aromatic nitrogens is 2. The van der Waals surface area contributed by atoms with Crippen molar-refractivity contribution in [2.45, 2.75) is 52.2 Å². The molecule has 1 N–H and O–H groups in total. The maximum atomic E-state index is 13.2. The molecule has 8 heteroatoms. The fourth-order valence-electron chi connectivity index (χ4n) is 4.72. The Morgan fingerprint density at radius 2 is 2.13 bits per heavy atom. The molecule has 2 aromatic rings. The van der Waals surface area contributed by atoms with Gasteiger partial charge in [-0.25, -0.2) is 4.79 Å². The number of hydrogen-bond donors (Lipinski definition) is 1. The summed E-state index contributed by atoms with van der Waals surface area (Å²) in [7, 11) is 1.98. The second-order valence-corrected chi connectivity index (χ2v) is 8.74. The number of nitrogens with zero attached hydrogens (tertiary/aromatic N) is 4. The largest absolute Gasteiger partial charge is 0.360 e. The minimum absolute atomic E-state index is 0.0169. The molecule has 4 heterocycles. The highest BCUT2D eigenvalue weighted by Gasteiger charge is 2.36. The van der Waals surface area contributed by atoms with Crippen molar-refractivity contribution < 1.29 is 9.32 Å². The highest BCUT2D eigenvalue weighted by Crippen LogP contribution is 2.35. The molecule has 2 aliphatic heterocycles. The van der Waals surface area contributed by atoms with Crippen molar-refractivity contribution >= 4 is 6.03 Å². The number of hydrogen-bond acceptors (Lipinski definition) is 5. The molecule has 1 saturated heterocycles. The van der Waals surface area contributed by atoms with Crippen LogP contribution in [0.1, 0.15) is 48.4 Å². The molecular weight excluding hydrogens is 382 g/mol. The van der Waals surface area contributed by atoms with Gasteiger partial charge in [-0.3, -0.25) is 9.69 Å². The number of likely N-dealkylation sites (tertiary alicyclic amines) is 1. The average molecular weight is 414 g/mol. The molecule has 8 nitrogen and oxygen atoms in total. The summed E-state index contributed by atoms with van der Waals surface area (Å²) >= 11 is 0. The first kappa shape index (κ1) is 20.7. The van der Waals surface area contributed by atoms with Gasteiger partial charge in [0, 0.05) is 56.0 Å². The van der Waals surface area contributed by atoms with Gasteiger partial charge in [-0.05, 0) is 38.8 Å². The summed E-state index contributed by atoms with van der Waals surface area (Å²) < 4.78 is 7.23. The molecule has 2 bridgehead atoms. The van der Waals surface area contributed by atoms with E-state index in [0.29, 0.717) is 45.2 Å². The zero-order valence-electron chi connectivity index (χ0n) is 18.1. The lowest BCUT2D eigenvalue weighted by molar-refractivity contribution is 0.131. The van der Waals surface area contributed by atoms with E-state index in [1.165, 1.54) is 0 Å². The minimum Gasteiger partial charge on any atom is -0.360 e. The van der Waals surface area contributed by atoms with Gasteiger partial charge in [0.25, 0.3) is 5.56 Å². The van der Waals surface area contributed by atoms with Gasteiger partial charge in [-0.1, -0.05) is 18.1 Å². The van der Waals surface area contributed by atoms with E-state index >= 15 is 0 Å². The van der Waals surface area contributed by atoms with Crippen LogP contribution in [0.4, 0.5) is 4.79 Å². The highest BCUT2D eigenvalue weighted by molar-refractivity contribution is 5.74. The van der Waals surface area contributed by atoms with Crippen molar-refractivity contribution in [1.29, 1.82) is 0 Å². The van der Waals surface area contributed by atoms with Gasteiger partial charge < -0.3 is 19.3 Å². The number of fused-ring (bicyclic) bond motifs is 4. The monoisotopic (exact) mass is 413 g/mol. The Kier molecular flexibility index (Phi) is 5.94. The summed E-state index contributed by atoms with van der Waals surface area (Å²) in [6.07, 6.45) is 1.97. The van der Waals surface area contributed by atoms with Crippen LogP contribution in [0.5, 0.6) is 0 Å². The van der Waals surface area contributed by atoms with Gasteiger partial charge in [0.15, 0.2) is 5.76 Å². The maximum absolute atomic E-state index is 13.2. The average Bonchev–Trinajstić information content (AvgIpc) is 3.12. The van der Waals surface area contributed by atoms with Crippen molar-refractivity contribution in [3.63, 3.8) is 0 Å². The predicted molar refractivity (Wildman–Crippen MR) is 113 cm³/mol. The summed E-state index contributed by atoms with van der Waals surface area (Å²) in [4.78, 5) is 29.6. The van der Waals surface area contributed by atoms with Crippen LogP contribution < -0.4 is 10.9 Å². The van der Waals surface area contributed by atoms with E-state index < -0.39 is 0 Å². The topological polar surface area (TPSA) is 83.6 Å². The third-order valence-electron chi connectivity index (χ3n) is 6.04. The van der Waals surface area contributed by atoms with Gasteiger partial charge in [-0.15, -0.1) is 0 Å². The Bertz CT molecular complexity index is 966. The lowest BCUT2D eigenvalue weighted by Crippen LogP contribution is -2.52. The van der Waals surface area contributed by atoms with E-state index in [9.17, 15) is 9.59 Å². The molecular formula is C22H31N5O3. The van der Waals surface area contributed by atoms with Gasteiger partial charge in [0.05, 0.1) is 12.2 Å². The Balaban J connectivity index is 1.47. The molecule has 0 aliphatic carbocycles. The van der Waals surface area contributed by atoms with Crippen LogP contribution in [-0.4, -0.2) is 52.2 Å². The molecule has 2 atom stereocenters. The summed E-state index contributed by atoms with van der Waals surface area (Å²) in [5.41, 5.74) is 2.79. The van der Waals surface area contributed by atoms with Crippen molar-refractivity contribution in [3.05, 3.63) is 51.3 Å². The third kappa shape index (κ3) is 4.28. The Morgan fingerprint density at radius 1 is 1.30 bits per heavy atom. The molecule has 162 valence electrons. The molecule has 2 amide bonds. The SMILES string of the molecule is CCCNC(=O)N1C[C@@H]2C[C@H](C1)c1ccc(CN(C)Cc3cc(C)no3)c(=O)n1C2. The molecule has 0 unspecified atom stereocenters. The Labute approximate surface area is 176 Å². The number of aryl methyl sites for hydroxylation is 1. The van der Waals surface area contributed by atoms with Crippen LogP contribution in [0.3, 0.4) is 0 Å². The Morgan fingerprint density at radius 3 is 2.87 bits per heavy atom. The second-order valence-electron chi connectivity index (χ2n) is 8.74. The molecule has 0 radical (unpaired) electrons. The quantitative estimate of drug-likeness (QED) is 0.786. The highest BCUT2D eigenvalue weighted by atomic mass is 16.5. The second kappa shape index (κ2) is 8.63. The first-order valence-corrected chi connectivity index (χ1v) is 10.8. The molecule has 2 aromatic heterocycles. The zero-order valence-corrected chi connectivity index (χ0v) is 18.1. The predicted octanol–water partition coefficient (Wildman–Crippen LogP) is 2.32. The maximum Gasteiger partial charge on any atom is 0.317 e. The number of carbonyl (C=O) groups excluding carboxylic acids is 1. The third-order valence-corrected chi connectivity index (χ3v) is 6.04. The summed E-state index contributed by atoms with van der Waals surface area (Å²) in [5, 5.41) is 6.90. The smallest absolute Gasteiger partial charge is 0.317 e. The van der Waals surface area contributed by atoms with E-state index in [1.54, 1.807) is 0 Å². The normalized spacial score (nSPS) is 20.3. The minimum atomic E-state index is 0.0169. The van der Waals surface area contributed by atoms with E-state index in [4.69, 9.17) is 4.52 Å². The molecule has 0 spiro atoms. The number of carbonyl (C=O) groups is 1. The summed E-state index contributed by atoms with van der Waals surface area (Å²) in [6.45, 7) is 7.88. The van der Waals surface area contributed by atoms with Gasteiger partial charge >= 0.3 is 6.03 Å². The van der Waals surface area contributed by atoms with Crippen LogP contribution in [0.25, 0.3) is 0 Å². The van der Waals surface area contributed by atoms with Crippen molar-refractivity contribution in [2.24, 2.45) is 5.92 Å². The Hall–Kier alpha value is -2.61. The lowest BCUT2D eigenvalue weighted by Gasteiger charge is -2.42. The molecule has 2 aliphatic rings. The van der Waals surface area contributed by atoms with E-state index in [2.05, 4.69) is 28.4 Å². The van der Waals surface area contributed by atoms with Gasteiger partial charge in [0.2, 0.25) is 0 Å². The first-order valence-electron chi connectivity index (χ1n) is 10.8.